The summed E-state index contributed by atoms with van der Waals surface area (Å²) in [5.41, 5.74) is 0.395. The van der Waals surface area contributed by atoms with Gasteiger partial charge in [0, 0.05) is 0 Å². The van der Waals surface area contributed by atoms with Crippen LogP contribution in [-0.2, 0) is 0 Å². The molecular formula is C10H9F3O3. The highest BCUT2D eigenvalue weighted by Gasteiger charge is 2.28. The van der Waals surface area contributed by atoms with Gasteiger partial charge in [-0.05, 0) is 24.6 Å². The van der Waals surface area contributed by atoms with Crippen molar-refractivity contribution in [1.82, 2.24) is 0 Å². The highest BCUT2D eigenvalue weighted by atomic mass is 19.4. The molecule has 1 rings (SSSR count). The Bertz CT molecular complexity index is 399. The van der Waals surface area contributed by atoms with Crippen LogP contribution >= 0.6 is 0 Å². The van der Waals surface area contributed by atoms with Gasteiger partial charge in [0.25, 0.3) is 0 Å². The quantitative estimate of drug-likeness (QED) is 0.874. The lowest BCUT2D eigenvalue weighted by molar-refractivity contribution is -0.153. The normalized spacial score (nSPS) is 11.2. The fourth-order valence-corrected chi connectivity index (χ4v) is 1.09. The van der Waals surface area contributed by atoms with E-state index in [-0.39, 0.29) is 11.3 Å². The first-order valence-electron chi connectivity index (χ1n) is 4.33. The molecule has 0 radical (unpaired) electrons. The summed E-state index contributed by atoms with van der Waals surface area (Å²) in [7, 11) is 0. The van der Waals surface area contributed by atoms with Crippen molar-refractivity contribution < 1.29 is 27.8 Å². The minimum atomic E-state index is -4.44. The Morgan fingerprint density at radius 3 is 2.56 bits per heavy atom. The summed E-state index contributed by atoms with van der Waals surface area (Å²) in [6.45, 7) is 0.117. The zero-order chi connectivity index (χ0) is 12.3. The zero-order valence-electron chi connectivity index (χ0n) is 8.34. The van der Waals surface area contributed by atoms with Crippen molar-refractivity contribution in [3.63, 3.8) is 0 Å². The molecule has 1 aromatic carbocycles. The second kappa shape index (κ2) is 4.42. The molecule has 1 N–H and O–H groups in total. The molecule has 0 bridgehead atoms. The summed E-state index contributed by atoms with van der Waals surface area (Å²) in [5.74, 6) is -1.31. The molecule has 0 amide bonds. The predicted molar refractivity (Wildman–Crippen MR) is 49.7 cm³/mol. The molecule has 6 heteroatoms. The van der Waals surface area contributed by atoms with Crippen LogP contribution in [0.1, 0.15) is 15.9 Å². The van der Waals surface area contributed by atoms with Gasteiger partial charge in [-0.15, -0.1) is 0 Å². The molecule has 88 valence electrons. The Labute approximate surface area is 89.5 Å². The molecule has 0 aromatic heterocycles. The first-order chi connectivity index (χ1) is 7.29. The Kier molecular flexibility index (Phi) is 3.41. The van der Waals surface area contributed by atoms with E-state index in [0.717, 1.165) is 6.07 Å². The van der Waals surface area contributed by atoms with Crippen LogP contribution < -0.4 is 4.74 Å². The van der Waals surface area contributed by atoms with Gasteiger partial charge in [-0.1, -0.05) is 6.07 Å². The molecule has 0 spiro atoms. The van der Waals surface area contributed by atoms with Crippen LogP contribution in [0.25, 0.3) is 0 Å². The lowest BCUT2D eigenvalue weighted by Gasteiger charge is -2.10. The summed E-state index contributed by atoms with van der Waals surface area (Å²) in [4.78, 5) is 10.7. The summed E-state index contributed by atoms with van der Waals surface area (Å²) < 4.78 is 39.9. The average Bonchev–Trinajstić information content (AvgIpc) is 2.14. The Balaban J connectivity index is 2.83. The van der Waals surface area contributed by atoms with Crippen molar-refractivity contribution in [3.05, 3.63) is 29.3 Å². The first kappa shape index (κ1) is 12.4. The molecule has 0 aliphatic rings. The lowest BCUT2D eigenvalue weighted by Crippen LogP contribution is -2.19. The van der Waals surface area contributed by atoms with Crippen molar-refractivity contribution in [2.45, 2.75) is 13.1 Å². The first-order valence-corrected chi connectivity index (χ1v) is 4.33. The van der Waals surface area contributed by atoms with Gasteiger partial charge in [0.15, 0.2) is 6.61 Å². The van der Waals surface area contributed by atoms with Crippen LogP contribution in [0.4, 0.5) is 13.2 Å². The number of hydrogen-bond acceptors (Lipinski definition) is 2. The number of aryl methyl sites for hydroxylation is 1. The van der Waals surface area contributed by atoms with Crippen LogP contribution in [0.3, 0.4) is 0 Å². The third-order valence-electron chi connectivity index (χ3n) is 1.84. The van der Waals surface area contributed by atoms with Gasteiger partial charge in [-0.2, -0.15) is 13.2 Å². The van der Waals surface area contributed by atoms with E-state index in [2.05, 4.69) is 4.74 Å². The van der Waals surface area contributed by atoms with Crippen LogP contribution in [0.15, 0.2) is 18.2 Å². The van der Waals surface area contributed by atoms with E-state index >= 15 is 0 Å². The van der Waals surface area contributed by atoms with Gasteiger partial charge in [0.05, 0.1) is 5.56 Å². The molecule has 0 unspecified atom stereocenters. The van der Waals surface area contributed by atoms with Crippen molar-refractivity contribution in [2.75, 3.05) is 6.61 Å². The number of alkyl halides is 3. The molecule has 16 heavy (non-hydrogen) atoms. The van der Waals surface area contributed by atoms with Crippen molar-refractivity contribution in [3.8, 4) is 5.75 Å². The Morgan fingerprint density at radius 2 is 2.06 bits per heavy atom. The second-order valence-corrected chi connectivity index (χ2v) is 3.19. The van der Waals surface area contributed by atoms with Gasteiger partial charge < -0.3 is 9.84 Å². The van der Waals surface area contributed by atoms with Crippen molar-refractivity contribution >= 4 is 5.97 Å². The van der Waals surface area contributed by atoms with E-state index in [9.17, 15) is 18.0 Å². The molecule has 3 nitrogen and oxygen atoms in total. The maximum Gasteiger partial charge on any atom is 0.422 e. The molecule has 0 aliphatic heterocycles. The lowest BCUT2D eigenvalue weighted by atomic mass is 10.1. The van der Waals surface area contributed by atoms with Crippen LogP contribution in [0, 0.1) is 6.92 Å². The van der Waals surface area contributed by atoms with Gasteiger partial charge in [0.1, 0.15) is 5.75 Å². The second-order valence-electron chi connectivity index (χ2n) is 3.19. The van der Waals surface area contributed by atoms with Gasteiger partial charge >= 0.3 is 12.1 Å². The number of carboxylic acid groups (broad SMARTS) is 1. The number of aromatic carboxylic acids is 1. The number of halogens is 3. The third-order valence-corrected chi connectivity index (χ3v) is 1.84. The topological polar surface area (TPSA) is 46.5 Å². The van der Waals surface area contributed by atoms with Gasteiger partial charge in [0.2, 0.25) is 0 Å². The minimum absolute atomic E-state index is 0.0697. The molecular weight excluding hydrogens is 225 g/mol. The van der Waals surface area contributed by atoms with Crippen LogP contribution in [0.2, 0.25) is 0 Å². The van der Waals surface area contributed by atoms with Gasteiger partial charge in [-0.25, -0.2) is 4.79 Å². The number of benzene rings is 1. The fraction of sp³-hybridized carbons (Fsp3) is 0.300. The van der Waals surface area contributed by atoms with E-state index in [4.69, 9.17) is 5.11 Å². The molecule has 0 atom stereocenters. The zero-order valence-corrected chi connectivity index (χ0v) is 8.34. The fourth-order valence-electron chi connectivity index (χ4n) is 1.09. The standard InChI is InChI=1S/C10H9F3O3/c1-6-2-3-7(4-8(6)9(14)15)16-5-10(11,12)13/h2-4H,5H2,1H3,(H,14,15). The van der Waals surface area contributed by atoms with Crippen LogP contribution in [0.5, 0.6) is 5.75 Å². The maximum absolute atomic E-state index is 11.8. The average molecular weight is 234 g/mol. The minimum Gasteiger partial charge on any atom is -0.484 e. The molecule has 0 aliphatic carbocycles. The maximum atomic E-state index is 11.8. The number of carbonyl (C=O) groups is 1. The monoisotopic (exact) mass is 234 g/mol. The summed E-state index contributed by atoms with van der Waals surface area (Å²) in [5, 5.41) is 8.74. The van der Waals surface area contributed by atoms with E-state index in [1.54, 1.807) is 6.92 Å². The Hall–Kier alpha value is -1.72. The van der Waals surface area contributed by atoms with E-state index in [1.807, 2.05) is 0 Å². The van der Waals surface area contributed by atoms with E-state index in [0.29, 0.717) is 5.56 Å². The number of carboxylic acids is 1. The number of ether oxygens (including phenoxy) is 1. The Morgan fingerprint density at radius 1 is 1.44 bits per heavy atom. The predicted octanol–water partition coefficient (Wildman–Crippen LogP) is 2.63. The van der Waals surface area contributed by atoms with E-state index < -0.39 is 18.8 Å². The molecule has 0 fully saturated rings. The van der Waals surface area contributed by atoms with Gasteiger partial charge in [-0.3, -0.25) is 0 Å². The molecule has 0 saturated carbocycles. The molecule has 0 saturated heterocycles. The highest BCUT2D eigenvalue weighted by Crippen LogP contribution is 2.21. The SMILES string of the molecule is Cc1ccc(OCC(F)(F)F)cc1C(=O)O. The van der Waals surface area contributed by atoms with Crippen molar-refractivity contribution in [1.29, 1.82) is 0 Å². The molecule has 0 heterocycles. The number of hydrogen-bond donors (Lipinski definition) is 1. The summed E-state index contributed by atoms with van der Waals surface area (Å²) in [6.07, 6.45) is -4.44. The van der Waals surface area contributed by atoms with Crippen molar-refractivity contribution in [2.24, 2.45) is 0 Å². The summed E-state index contributed by atoms with van der Waals surface area (Å²) >= 11 is 0. The van der Waals surface area contributed by atoms with Crippen LogP contribution in [-0.4, -0.2) is 23.9 Å². The number of rotatable bonds is 3. The van der Waals surface area contributed by atoms with E-state index in [1.165, 1.54) is 12.1 Å². The third kappa shape index (κ3) is 3.45. The smallest absolute Gasteiger partial charge is 0.422 e. The molecule has 1 aromatic rings. The largest absolute Gasteiger partial charge is 0.484 e. The summed E-state index contributed by atoms with van der Waals surface area (Å²) in [6, 6.07) is 3.77. The highest BCUT2D eigenvalue weighted by molar-refractivity contribution is 5.89.